The Morgan fingerprint density at radius 2 is 0.750 bits per heavy atom. The zero-order valence-corrected chi connectivity index (χ0v) is 9.12. The number of hydrogen-bond donors (Lipinski definition) is 0. The fourth-order valence-corrected chi connectivity index (χ4v) is 0. The van der Waals surface area contributed by atoms with Crippen LogP contribution in [0.4, 0.5) is 0 Å². The van der Waals surface area contributed by atoms with Crippen LogP contribution in [-0.2, 0) is 0 Å². The first-order valence-electron chi connectivity index (χ1n) is 0. The summed E-state index contributed by atoms with van der Waals surface area (Å²) in [5, 5.41) is 0. The second-order valence-corrected chi connectivity index (χ2v) is 0. The van der Waals surface area contributed by atoms with Crippen LogP contribution >= 0.6 is 0 Å². The molecule has 0 saturated carbocycles. The molecule has 0 fully saturated rings. The molecule has 0 spiro atoms. The third-order valence-corrected chi connectivity index (χ3v) is 0. The Morgan fingerprint density at radius 1 is 0.750 bits per heavy atom. The molecule has 0 rings (SSSR count). The number of rotatable bonds is 0. The Balaban J connectivity index is 0. The Labute approximate surface area is 77.8 Å². The van der Waals surface area contributed by atoms with Crippen molar-refractivity contribution in [3.63, 3.8) is 0 Å². The van der Waals surface area contributed by atoms with E-state index >= 15 is 0 Å². The molecule has 0 aromatic heterocycles. The van der Waals surface area contributed by atoms with E-state index in [-0.39, 0.29) is 78.8 Å². The molecule has 0 saturated heterocycles. The molecule has 0 aromatic carbocycles. The Bertz CT molecular complexity index is 6.00. The molecule has 0 aromatic rings. The molecule has 0 amide bonds. The summed E-state index contributed by atoms with van der Waals surface area (Å²) in [4.78, 5) is 0. The van der Waals surface area contributed by atoms with Crippen molar-refractivity contribution in [2.45, 2.75) is 0 Å². The van der Waals surface area contributed by atoms with Crippen molar-refractivity contribution in [3.8, 4) is 0 Å². The summed E-state index contributed by atoms with van der Waals surface area (Å²) in [5.74, 6) is 0. The summed E-state index contributed by atoms with van der Waals surface area (Å²) in [6.07, 6.45) is 0. The van der Waals surface area contributed by atoms with E-state index in [2.05, 4.69) is 0 Å². The summed E-state index contributed by atoms with van der Waals surface area (Å²) in [6, 6.07) is 0. The Morgan fingerprint density at radius 3 is 0.750 bits per heavy atom. The van der Waals surface area contributed by atoms with Gasteiger partial charge in [0.05, 0.1) is 0 Å². The maximum atomic E-state index is 0. The standard InChI is InChI=1S/In.Li.2Se/q+3;+1;2*-2. The van der Waals surface area contributed by atoms with Gasteiger partial charge >= 0.3 is 44.7 Å². The Kier molecular flexibility index (Phi) is 140. The van der Waals surface area contributed by atoms with Gasteiger partial charge in [0.15, 0.2) is 0 Å². The van der Waals surface area contributed by atoms with E-state index in [0.29, 0.717) is 0 Å². The van der Waals surface area contributed by atoms with Crippen LogP contribution in [-0.4, -0.2) is 60.0 Å². The van der Waals surface area contributed by atoms with E-state index in [1.54, 1.807) is 0 Å². The molecule has 0 bridgehead atoms. The maximum Gasteiger partial charge on any atom is 3.00 e. The SMILES string of the molecule is [In+3].[Li+].[Se-2].[Se-2]. The second kappa shape index (κ2) is 17.8. The molecule has 0 nitrogen and oxygen atoms in total. The quantitative estimate of drug-likeness (QED) is 0.395. The molecule has 0 aliphatic carbocycles. The van der Waals surface area contributed by atoms with E-state index in [9.17, 15) is 0 Å². The third-order valence-electron chi connectivity index (χ3n) is 0. The van der Waals surface area contributed by atoms with E-state index in [1.807, 2.05) is 0 Å². The van der Waals surface area contributed by atoms with E-state index in [1.165, 1.54) is 0 Å². The zero-order chi connectivity index (χ0) is 0. The predicted molar refractivity (Wildman–Crippen MR) is 17.3 cm³/mol. The maximum absolute atomic E-state index is 0. The molecular formula is InLiSe2. The van der Waals surface area contributed by atoms with Gasteiger partial charge in [-0.3, -0.25) is 0 Å². The summed E-state index contributed by atoms with van der Waals surface area (Å²) < 4.78 is 0. The van der Waals surface area contributed by atoms with Crippen molar-refractivity contribution >= 4 is 60.0 Å². The fraction of sp³-hybridized carbons (Fsp3) is 0. The van der Waals surface area contributed by atoms with Gasteiger partial charge in [0.25, 0.3) is 0 Å². The van der Waals surface area contributed by atoms with Gasteiger partial charge in [0, 0.05) is 0 Å². The molecule has 0 unspecified atom stereocenters. The van der Waals surface area contributed by atoms with Crippen molar-refractivity contribution in [1.29, 1.82) is 0 Å². The molecular weight excluding hydrogens is 280 g/mol. The van der Waals surface area contributed by atoms with Gasteiger partial charge in [-0.05, 0) is 0 Å². The van der Waals surface area contributed by atoms with Gasteiger partial charge in [-0.1, -0.05) is 0 Å². The van der Waals surface area contributed by atoms with Gasteiger partial charge in [-0.2, -0.15) is 0 Å². The van der Waals surface area contributed by atoms with Crippen LogP contribution in [0.3, 0.4) is 0 Å². The average molecular weight is 280 g/mol. The first-order valence-corrected chi connectivity index (χ1v) is 0. The first kappa shape index (κ1) is 31.4. The van der Waals surface area contributed by atoms with Crippen molar-refractivity contribution < 1.29 is 18.9 Å². The van der Waals surface area contributed by atoms with E-state index < -0.39 is 0 Å². The molecule has 0 N–H and O–H groups in total. The van der Waals surface area contributed by atoms with Gasteiger partial charge in [0.1, 0.15) is 0 Å². The predicted octanol–water partition coefficient (Wildman–Crippen LogP) is -4.14. The first-order chi connectivity index (χ1) is 0. The molecule has 16 valence electrons. The minimum absolute atomic E-state index is 0. The van der Waals surface area contributed by atoms with E-state index in [0.717, 1.165) is 0 Å². The van der Waals surface area contributed by atoms with Gasteiger partial charge in [-0.25, -0.2) is 0 Å². The minimum atomic E-state index is 0. The molecule has 4 heteroatoms. The molecule has 0 aliphatic rings. The topological polar surface area (TPSA) is 0 Å². The minimum Gasteiger partial charge on any atom is -2.00 e. The summed E-state index contributed by atoms with van der Waals surface area (Å²) in [7, 11) is 0. The molecule has 0 radical (unpaired) electrons. The monoisotopic (exact) mass is 282 g/mol. The normalized spacial score (nSPS) is 0. The van der Waals surface area contributed by atoms with Crippen LogP contribution in [0.5, 0.6) is 0 Å². The van der Waals surface area contributed by atoms with Crippen molar-refractivity contribution in [2.75, 3.05) is 0 Å². The van der Waals surface area contributed by atoms with E-state index in [4.69, 9.17) is 0 Å². The number of hydrogen-bond acceptors (Lipinski definition) is 0. The van der Waals surface area contributed by atoms with Crippen LogP contribution in [0.2, 0.25) is 0 Å². The van der Waals surface area contributed by atoms with Gasteiger partial charge in [0.2, 0.25) is 0 Å². The fourth-order valence-electron chi connectivity index (χ4n) is 0. The smallest absolute Gasteiger partial charge is 2.00 e. The van der Waals surface area contributed by atoms with Crippen LogP contribution in [0.25, 0.3) is 0 Å². The molecule has 0 aliphatic heterocycles. The van der Waals surface area contributed by atoms with Crippen LogP contribution < -0.4 is 18.9 Å². The second-order valence-electron chi connectivity index (χ2n) is 0. The van der Waals surface area contributed by atoms with Crippen molar-refractivity contribution in [2.24, 2.45) is 0 Å². The Hall–Kier alpha value is 2.51. The van der Waals surface area contributed by atoms with Crippen LogP contribution in [0.15, 0.2) is 0 Å². The summed E-state index contributed by atoms with van der Waals surface area (Å²) >= 11 is 0. The van der Waals surface area contributed by atoms with Crippen molar-refractivity contribution in [1.82, 2.24) is 0 Å². The van der Waals surface area contributed by atoms with Gasteiger partial charge < -0.3 is 34.1 Å². The van der Waals surface area contributed by atoms with Crippen molar-refractivity contribution in [3.05, 3.63) is 0 Å². The summed E-state index contributed by atoms with van der Waals surface area (Å²) in [6.45, 7) is 0. The molecule has 0 atom stereocenters. The largest absolute Gasteiger partial charge is 3.00 e. The molecule has 4 heavy (non-hydrogen) atoms. The molecule has 0 heterocycles. The van der Waals surface area contributed by atoms with Crippen LogP contribution in [0, 0.1) is 0 Å². The average Bonchev–Trinajstić information content (AvgIpc) is 0. The third kappa shape index (κ3) is 8.82. The zero-order valence-electron chi connectivity index (χ0n) is 2.39. The summed E-state index contributed by atoms with van der Waals surface area (Å²) in [5.41, 5.74) is 0. The van der Waals surface area contributed by atoms with Crippen LogP contribution in [0.1, 0.15) is 0 Å². The van der Waals surface area contributed by atoms with Gasteiger partial charge in [-0.15, -0.1) is 0 Å².